The molecule has 1 aromatic rings. The minimum atomic E-state index is -4.62. The van der Waals surface area contributed by atoms with E-state index < -0.39 is 6.36 Å². The average Bonchev–Trinajstić information content (AvgIpc) is 2.43. The third kappa shape index (κ3) is 2.19. The van der Waals surface area contributed by atoms with Crippen molar-refractivity contribution in [2.75, 3.05) is 0 Å². The Bertz CT molecular complexity index is 403. The Hall–Kier alpha value is -0.710. The summed E-state index contributed by atoms with van der Waals surface area (Å²) >= 11 is 3.48. The molecule has 0 radical (unpaired) electrons. The lowest BCUT2D eigenvalue weighted by Gasteiger charge is -2.12. The van der Waals surface area contributed by atoms with Crippen LogP contribution < -0.4 is 4.74 Å². The number of ether oxygens (including phenoxy) is 1. The number of alkyl halides is 4. The molecule has 0 heterocycles. The molecule has 0 N–H and O–H groups in total. The van der Waals surface area contributed by atoms with Gasteiger partial charge in [0.1, 0.15) is 5.75 Å². The highest BCUT2D eigenvalue weighted by atomic mass is 79.9. The first-order valence-electron chi connectivity index (χ1n) is 4.90. The number of rotatable bonds is 1. The number of hydrogen-bond acceptors (Lipinski definition) is 1. The molecule has 88 valence electrons. The maximum absolute atomic E-state index is 12.2. The fraction of sp³-hybridized carbons (Fsp3) is 0.455. The van der Waals surface area contributed by atoms with Crippen LogP contribution in [0.25, 0.3) is 0 Å². The maximum atomic E-state index is 12.2. The molecule has 2 rings (SSSR count). The van der Waals surface area contributed by atoms with Crippen molar-refractivity contribution < 1.29 is 17.9 Å². The summed E-state index contributed by atoms with van der Waals surface area (Å²) in [6, 6.07) is 4.79. The summed E-state index contributed by atoms with van der Waals surface area (Å²) in [5, 5.41) is 0. The highest BCUT2D eigenvalue weighted by Crippen LogP contribution is 2.46. The van der Waals surface area contributed by atoms with Gasteiger partial charge in [-0.3, -0.25) is 0 Å². The minimum absolute atomic E-state index is 0.0706. The zero-order valence-electron chi connectivity index (χ0n) is 8.51. The highest BCUT2D eigenvalue weighted by Gasteiger charge is 2.35. The Balaban J connectivity index is 2.37. The van der Waals surface area contributed by atoms with Gasteiger partial charge in [-0.15, -0.1) is 13.2 Å². The van der Waals surface area contributed by atoms with Crippen LogP contribution in [0.15, 0.2) is 18.2 Å². The van der Waals surface area contributed by atoms with E-state index in [1.807, 2.05) is 13.0 Å². The van der Waals surface area contributed by atoms with Gasteiger partial charge in [0.2, 0.25) is 0 Å². The monoisotopic (exact) mass is 294 g/mol. The molecule has 0 aliphatic heterocycles. The molecular formula is C11H10BrF3O. The molecule has 0 saturated carbocycles. The van der Waals surface area contributed by atoms with Gasteiger partial charge >= 0.3 is 6.36 Å². The molecular weight excluding hydrogens is 285 g/mol. The normalized spacial score (nSPS) is 24.3. The number of halogens is 4. The lowest BCUT2D eigenvalue weighted by Crippen LogP contribution is -2.18. The summed E-state index contributed by atoms with van der Waals surface area (Å²) in [6.07, 6.45) is -4.01. The van der Waals surface area contributed by atoms with Gasteiger partial charge in [0, 0.05) is 4.83 Å². The molecule has 0 saturated heterocycles. The van der Waals surface area contributed by atoms with Crippen LogP contribution in [-0.4, -0.2) is 6.36 Å². The molecule has 16 heavy (non-hydrogen) atoms. The van der Waals surface area contributed by atoms with Crippen LogP contribution in [0.3, 0.4) is 0 Å². The largest absolute Gasteiger partial charge is 0.573 e. The van der Waals surface area contributed by atoms with E-state index in [-0.39, 0.29) is 16.5 Å². The third-order valence-electron chi connectivity index (χ3n) is 2.72. The smallest absolute Gasteiger partial charge is 0.405 e. The minimum Gasteiger partial charge on any atom is -0.405 e. The van der Waals surface area contributed by atoms with Gasteiger partial charge in [-0.2, -0.15) is 0 Å². The van der Waals surface area contributed by atoms with Gasteiger partial charge in [-0.1, -0.05) is 35.0 Å². The number of fused-ring (bicyclic) bond motifs is 1. The van der Waals surface area contributed by atoms with Crippen molar-refractivity contribution in [3.63, 3.8) is 0 Å². The van der Waals surface area contributed by atoms with E-state index in [1.165, 1.54) is 6.07 Å². The fourth-order valence-corrected chi connectivity index (χ4v) is 2.63. The van der Waals surface area contributed by atoms with E-state index in [9.17, 15) is 13.2 Å². The first kappa shape index (κ1) is 11.8. The zero-order chi connectivity index (χ0) is 11.9. The Labute approximate surface area is 99.7 Å². The van der Waals surface area contributed by atoms with Crippen LogP contribution >= 0.6 is 15.9 Å². The van der Waals surface area contributed by atoms with E-state index in [0.717, 1.165) is 5.56 Å². The molecule has 2 atom stereocenters. The van der Waals surface area contributed by atoms with E-state index >= 15 is 0 Å². The van der Waals surface area contributed by atoms with Crippen molar-refractivity contribution >= 4 is 15.9 Å². The van der Waals surface area contributed by atoms with Crippen molar-refractivity contribution in [3.05, 3.63) is 29.3 Å². The van der Waals surface area contributed by atoms with E-state index in [0.29, 0.717) is 12.0 Å². The summed E-state index contributed by atoms with van der Waals surface area (Å²) in [7, 11) is 0. The molecule has 0 fully saturated rings. The van der Waals surface area contributed by atoms with Gasteiger partial charge in [0.25, 0.3) is 0 Å². The van der Waals surface area contributed by atoms with Crippen molar-refractivity contribution in [2.45, 2.75) is 24.5 Å². The van der Waals surface area contributed by atoms with Gasteiger partial charge in [-0.05, 0) is 29.5 Å². The first-order valence-corrected chi connectivity index (χ1v) is 5.81. The second-order valence-corrected chi connectivity index (χ2v) is 4.94. The molecule has 0 amide bonds. The molecule has 0 aromatic heterocycles. The summed E-state index contributed by atoms with van der Waals surface area (Å²) in [5.41, 5.74) is 1.56. The predicted octanol–water partition coefficient (Wildman–Crippen LogP) is 4.21. The lowest BCUT2D eigenvalue weighted by molar-refractivity contribution is -0.274. The predicted molar refractivity (Wildman–Crippen MR) is 57.7 cm³/mol. The van der Waals surface area contributed by atoms with Crippen LogP contribution in [0, 0.1) is 5.92 Å². The van der Waals surface area contributed by atoms with Gasteiger partial charge in [0.05, 0.1) is 0 Å². The molecule has 0 spiro atoms. The van der Waals surface area contributed by atoms with E-state index in [1.54, 1.807) is 6.07 Å². The van der Waals surface area contributed by atoms with Crippen LogP contribution in [0.1, 0.15) is 22.9 Å². The van der Waals surface area contributed by atoms with Crippen LogP contribution in [0.5, 0.6) is 5.75 Å². The molecule has 1 nitrogen and oxygen atoms in total. The summed E-state index contributed by atoms with van der Waals surface area (Å²) < 4.78 is 40.5. The Morgan fingerprint density at radius 3 is 2.69 bits per heavy atom. The van der Waals surface area contributed by atoms with Crippen molar-refractivity contribution in [1.29, 1.82) is 0 Å². The third-order valence-corrected chi connectivity index (χ3v) is 4.11. The second kappa shape index (κ2) is 3.95. The van der Waals surface area contributed by atoms with Crippen molar-refractivity contribution in [3.8, 4) is 5.75 Å². The van der Waals surface area contributed by atoms with Gasteiger partial charge < -0.3 is 4.74 Å². The number of hydrogen-bond donors (Lipinski definition) is 0. The average molecular weight is 295 g/mol. The molecule has 1 aromatic carbocycles. The summed E-state index contributed by atoms with van der Waals surface area (Å²) in [4.78, 5) is 0.110. The SMILES string of the molecule is CC1Cc2c(OC(F)(F)F)cccc2C1Br. The van der Waals surface area contributed by atoms with E-state index in [4.69, 9.17) is 0 Å². The summed E-state index contributed by atoms with van der Waals surface area (Å²) in [6.45, 7) is 2.00. The van der Waals surface area contributed by atoms with Crippen molar-refractivity contribution in [2.24, 2.45) is 5.92 Å². The van der Waals surface area contributed by atoms with Crippen molar-refractivity contribution in [1.82, 2.24) is 0 Å². The molecule has 2 unspecified atom stereocenters. The maximum Gasteiger partial charge on any atom is 0.573 e. The topological polar surface area (TPSA) is 9.23 Å². The van der Waals surface area contributed by atoms with Gasteiger partial charge in [0.15, 0.2) is 0 Å². The number of benzene rings is 1. The lowest BCUT2D eigenvalue weighted by atomic mass is 10.1. The zero-order valence-corrected chi connectivity index (χ0v) is 10.1. The highest BCUT2D eigenvalue weighted by molar-refractivity contribution is 9.09. The standard InChI is InChI=1S/C11H10BrF3O/c1-6-5-8-7(10(6)12)3-2-4-9(8)16-11(13,14)15/h2-4,6,10H,5H2,1H3. The first-order chi connectivity index (χ1) is 7.38. The Kier molecular flexibility index (Phi) is 2.90. The molecule has 1 aliphatic rings. The second-order valence-electron chi connectivity index (χ2n) is 3.95. The van der Waals surface area contributed by atoms with E-state index in [2.05, 4.69) is 20.7 Å². The van der Waals surface area contributed by atoms with Crippen LogP contribution in [0.2, 0.25) is 0 Å². The Morgan fingerprint density at radius 1 is 1.38 bits per heavy atom. The molecule has 5 heteroatoms. The fourth-order valence-electron chi connectivity index (χ4n) is 2.01. The van der Waals surface area contributed by atoms with Crippen LogP contribution in [-0.2, 0) is 6.42 Å². The molecule has 0 bridgehead atoms. The molecule has 1 aliphatic carbocycles. The quantitative estimate of drug-likeness (QED) is 0.705. The van der Waals surface area contributed by atoms with Crippen LogP contribution in [0.4, 0.5) is 13.2 Å². The van der Waals surface area contributed by atoms with Gasteiger partial charge in [-0.25, -0.2) is 0 Å². The Morgan fingerprint density at radius 2 is 2.06 bits per heavy atom. The summed E-state index contributed by atoms with van der Waals surface area (Å²) in [5.74, 6) is 0.215.